The van der Waals surface area contributed by atoms with Crippen molar-refractivity contribution in [3.8, 4) is 0 Å². The van der Waals surface area contributed by atoms with E-state index < -0.39 is 0 Å². The molecule has 5 heteroatoms. The predicted molar refractivity (Wildman–Crippen MR) is 91.4 cm³/mol. The first kappa shape index (κ1) is 14.8. The van der Waals surface area contributed by atoms with Gasteiger partial charge in [0.15, 0.2) is 0 Å². The van der Waals surface area contributed by atoms with Crippen LogP contribution in [0.15, 0.2) is 56.1 Å². The summed E-state index contributed by atoms with van der Waals surface area (Å²) in [7, 11) is 0. The molecule has 0 atom stereocenters. The standard InChI is InChI=1S/C17H15BrN2O2/c1-11-3-2-4-14-15(11)16(21)22-17(20-14)19-10-9-12-5-7-13(18)8-6-12/h2-8H,9-10H2,1H3,(H,19,20). The molecule has 0 aliphatic heterocycles. The summed E-state index contributed by atoms with van der Waals surface area (Å²) in [6, 6.07) is 14.0. The van der Waals surface area contributed by atoms with Crippen molar-refractivity contribution in [1.29, 1.82) is 0 Å². The number of nitrogens with zero attached hydrogens (tertiary/aromatic N) is 1. The van der Waals surface area contributed by atoms with Crippen molar-refractivity contribution >= 4 is 32.8 Å². The molecule has 0 saturated heterocycles. The van der Waals surface area contributed by atoms with E-state index in [0.29, 0.717) is 17.4 Å². The quantitative estimate of drug-likeness (QED) is 0.767. The summed E-state index contributed by atoms with van der Waals surface area (Å²) in [4.78, 5) is 16.4. The molecule has 1 heterocycles. The molecule has 1 N–H and O–H groups in total. The third-order valence-corrected chi connectivity index (χ3v) is 4.00. The Morgan fingerprint density at radius 3 is 2.73 bits per heavy atom. The highest BCUT2D eigenvalue weighted by Crippen LogP contribution is 2.15. The topological polar surface area (TPSA) is 55.1 Å². The average Bonchev–Trinajstić information content (AvgIpc) is 2.49. The van der Waals surface area contributed by atoms with Crippen molar-refractivity contribution in [2.24, 2.45) is 0 Å². The number of halogens is 1. The van der Waals surface area contributed by atoms with Crippen LogP contribution in [-0.2, 0) is 6.42 Å². The van der Waals surface area contributed by atoms with Gasteiger partial charge in [0.05, 0.1) is 10.9 Å². The lowest BCUT2D eigenvalue weighted by Crippen LogP contribution is -2.11. The number of aryl methyl sites for hydroxylation is 1. The number of hydrogen-bond donors (Lipinski definition) is 1. The average molecular weight is 359 g/mol. The molecule has 0 aliphatic carbocycles. The van der Waals surface area contributed by atoms with Crippen molar-refractivity contribution in [3.05, 3.63) is 68.5 Å². The van der Waals surface area contributed by atoms with Crippen LogP contribution in [-0.4, -0.2) is 11.5 Å². The predicted octanol–water partition coefficient (Wildman–Crippen LogP) is 3.91. The Hall–Kier alpha value is -2.14. The number of benzene rings is 2. The van der Waals surface area contributed by atoms with Gasteiger partial charge in [0.25, 0.3) is 6.01 Å². The van der Waals surface area contributed by atoms with Crippen LogP contribution < -0.4 is 10.9 Å². The molecule has 3 rings (SSSR count). The van der Waals surface area contributed by atoms with E-state index in [1.54, 1.807) is 0 Å². The van der Waals surface area contributed by atoms with Crippen LogP contribution in [0.4, 0.5) is 6.01 Å². The van der Waals surface area contributed by atoms with Gasteiger partial charge in [0.1, 0.15) is 0 Å². The van der Waals surface area contributed by atoms with E-state index in [0.717, 1.165) is 16.5 Å². The van der Waals surface area contributed by atoms with E-state index in [-0.39, 0.29) is 11.6 Å². The van der Waals surface area contributed by atoms with Gasteiger partial charge in [-0.15, -0.1) is 0 Å². The molecule has 3 aromatic rings. The Labute approximate surface area is 136 Å². The Morgan fingerprint density at radius 1 is 1.18 bits per heavy atom. The summed E-state index contributed by atoms with van der Waals surface area (Å²) < 4.78 is 6.30. The highest BCUT2D eigenvalue weighted by molar-refractivity contribution is 9.10. The number of fused-ring (bicyclic) bond motifs is 1. The second kappa shape index (κ2) is 6.32. The smallest absolute Gasteiger partial charge is 0.348 e. The molecule has 0 saturated carbocycles. The van der Waals surface area contributed by atoms with Gasteiger partial charge in [0, 0.05) is 11.0 Å². The summed E-state index contributed by atoms with van der Waals surface area (Å²) in [6.07, 6.45) is 0.824. The summed E-state index contributed by atoms with van der Waals surface area (Å²) >= 11 is 3.41. The van der Waals surface area contributed by atoms with Crippen LogP contribution in [0, 0.1) is 6.92 Å². The van der Waals surface area contributed by atoms with Gasteiger partial charge >= 0.3 is 5.63 Å². The highest BCUT2D eigenvalue weighted by Gasteiger charge is 2.07. The minimum absolute atomic E-state index is 0.264. The SMILES string of the molecule is Cc1cccc2nc(NCCc3ccc(Br)cc3)oc(=O)c12. The van der Waals surface area contributed by atoms with E-state index in [4.69, 9.17) is 4.42 Å². The summed E-state index contributed by atoms with van der Waals surface area (Å²) in [5.74, 6) is 0. The second-order valence-electron chi connectivity index (χ2n) is 5.08. The van der Waals surface area contributed by atoms with Gasteiger partial charge in [-0.2, -0.15) is 4.98 Å². The summed E-state index contributed by atoms with van der Waals surface area (Å²) in [5, 5.41) is 3.61. The normalized spacial score (nSPS) is 10.8. The largest absolute Gasteiger partial charge is 0.389 e. The molecule has 0 fully saturated rings. The molecule has 0 radical (unpaired) electrons. The number of aromatic nitrogens is 1. The zero-order chi connectivity index (χ0) is 15.5. The first-order valence-electron chi connectivity index (χ1n) is 7.02. The lowest BCUT2D eigenvalue weighted by atomic mass is 10.1. The number of hydrogen-bond acceptors (Lipinski definition) is 4. The molecule has 22 heavy (non-hydrogen) atoms. The Balaban J connectivity index is 1.74. The molecule has 1 aromatic heterocycles. The zero-order valence-corrected chi connectivity index (χ0v) is 13.7. The van der Waals surface area contributed by atoms with Gasteiger partial charge < -0.3 is 9.73 Å². The molecule has 112 valence electrons. The summed E-state index contributed by atoms with van der Waals surface area (Å²) in [6.45, 7) is 2.52. The van der Waals surface area contributed by atoms with Crippen molar-refractivity contribution in [2.45, 2.75) is 13.3 Å². The maximum Gasteiger partial charge on any atom is 0.348 e. The molecular formula is C17H15BrN2O2. The minimum Gasteiger partial charge on any atom is -0.389 e. The fourth-order valence-corrected chi connectivity index (χ4v) is 2.59. The molecular weight excluding hydrogens is 344 g/mol. The second-order valence-corrected chi connectivity index (χ2v) is 5.99. The van der Waals surface area contributed by atoms with E-state index in [1.165, 1.54) is 5.56 Å². The van der Waals surface area contributed by atoms with Crippen molar-refractivity contribution in [3.63, 3.8) is 0 Å². The van der Waals surface area contributed by atoms with E-state index >= 15 is 0 Å². The van der Waals surface area contributed by atoms with Gasteiger partial charge in [0.2, 0.25) is 0 Å². The van der Waals surface area contributed by atoms with Crippen molar-refractivity contribution in [2.75, 3.05) is 11.9 Å². The zero-order valence-electron chi connectivity index (χ0n) is 12.1. The molecule has 0 bridgehead atoms. The molecule has 0 unspecified atom stereocenters. The minimum atomic E-state index is -0.353. The van der Waals surface area contributed by atoms with Crippen LogP contribution in [0.3, 0.4) is 0 Å². The van der Waals surface area contributed by atoms with Gasteiger partial charge in [-0.05, 0) is 42.7 Å². The van der Waals surface area contributed by atoms with E-state index in [9.17, 15) is 4.79 Å². The van der Waals surface area contributed by atoms with Crippen molar-refractivity contribution in [1.82, 2.24) is 4.98 Å². The third kappa shape index (κ3) is 3.20. The lowest BCUT2D eigenvalue weighted by Gasteiger charge is -2.06. The van der Waals surface area contributed by atoms with Crippen LogP contribution in [0.2, 0.25) is 0 Å². The number of nitrogens with one attached hydrogen (secondary N) is 1. The van der Waals surface area contributed by atoms with Crippen molar-refractivity contribution < 1.29 is 4.42 Å². The van der Waals surface area contributed by atoms with Crippen LogP contribution in [0.5, 0.6) is 0 Å². The molecule has 2 aromatic carbocycles. The monoisotopic (exact) mass is 358 g/mol. The first-order chi connectivity index (χ1) is 10.6. The van der Waals surface area contributed by atoms with Gasteiger partial charge in [-0.3, -0.25) is 0 Å². The number of rotatable bonds is 4. The molecule has 0 amide bonds. The Morgan fingerprint density at radius 2 is 1.95 bits per heavy atom. The van der Waals surface area contributed by atoms with E-state index in [1.807, 2.05) is 37.3 Å². The lowest BCUT2D eigenvalue weighted by molar-refractivity contribution is 0.516. The molecule has 0 aliphatic rings. The molecule has 4 nitrogen and oxygen atoms in total. The highest BCUT2D eigenvalue weighted by atomic mass is 79.9. The maximum atomic E-state index is 12.0. The fraction of sp³-hybridized carbons (Fsp3) is 0.176. The van der Waals surface area contributed by atoms with Gasteiger partial charge in [-0.25, -0.2) is 4.79 Å². The fourth-order valence-electron chi connectivity index (χ4n) is 2.32. The first-order valence-corrected chi connectivity index (χ1v) is 7.81. The van der Waals surface area contributed by atoms with E-state index in [2.05, 4.69) is 38.4 Å². The Bertz CT molecular complexity index is 857. The molecule has 0 spiro atoms. The third-order valence-electron chi connectivity index (χ3n) is 3.47. The van der Waals surface area contributed by atoms with Crippen LogP contribution in [0.1, 0.15) is 11.1 Å². The van der Waals surface area contributed by atoms with Gasteiger partial charge in [-0.1, -0.05) is 40.2 Å². The maximum absolute atomic E-state index is 12.0. The Kier molecular flexibility index (Phi) is 4.24. The van der Waals surface area contributed by atoms with Crippen LogP contribution in [0.25, 0.3) is 10.9 Å². The van der Waals surface area contributed by atoms with Crippen LogP contribution >= 0.6 is 15.9 Å². The summed E-state index contributed by atoms with van der Waals surface area (Å²) in [5.41, 5.74) is 2.38. The number of anilines is 1.